The fraction of sp³-hybridized carbons (Fsp3) is 0.500. The molecule has 0 aliphatic carbocycles. The van der Waals surface area contributed by atoms with Crippen molar-refractivity contribution < 1.29 is 19.4 Å². The van der Waals surface area contributed by atoms with Crippen molar-refractivity contribution >= 4 is 11.9 Å². The monoisotopic (exact) mass is 291 g/mol. The van der Waals surface area contributed by atoms with Gasteiger partial charge in [-0.25, -0.2) is 0 Å². The third kappa shape index (κ3) is 4.77. The molecule has 0 bridgehead atoms. The highest BCUT2D eigenvalue weighted by molar-refractivity contribution is 5.82. The van der Waals surface area contributed by atoms with E-state index >= 15 is 0 Å². The van der Waals surface area contributed by atoms with E-state index in [4.69, 9.17) is 9.84 Å². The lowest BCUT2D eigenvalue weighted by Crippen LogP contribution is -2.37. The smallest absolute Gasteiger partial charge is 0.303 e. The van der Waals surface area contributed by atoms with Crippen LogP contribution in [-0.2, 0) is 16.0 Å². The molecule has 0 aromatic heterocycles. The van der Waals surface area contributed by atoms with Gasteiger partial charge in [-0.05, 0) is 24.5 Å². The van der Waals surface area contributed by atoms with Crippen LogP contribution in [0.5, 0.6) is 5.75 Å². The van der Waals surface area contributed by atoms with Crippen molar-refractivity contribution in [2.45, 2.75) is 44.6 Å². The van der Waals surface area contributed by atoms with E-state index in [-0.39, 0.29) is 12.3 Å². The highest BCUT2D eigenvalue weighted by atomic mass is 16.5. The van der Waals surface area contributed by atoms with Crippen molar-refractivity contribution in [3.8, 4) is 5.75 Å². The largest absolute Gasteiger partial charge is 0.481 e. The molecule has 0 saturated carbocycles. The quantitative estimate of drug-likeness (QED) is 0.720. The summed E-state index contributed by atoms with van der Waals surface area (Å²) in [5.41, 5.74) is 1.08. The van der Waals surface area contributed by atoms with E-state index in [0.29, 0.717) is 19.4 Å². The van der Waals surface area contributed by atoms with Gasteiger partial charge in [0.1, 0.15) is 5.75 Å². The minimum atomic E-state index is -0.749. The first-order chi connectivity index (χ1) is 10.2. The molecule has 0 fully saturated rings. The molecule has 0 saturated heterocycles. The second-order valence-corrected chi connectivity index (χ2v) is 5.27. The first-order valence-electron chi connectivity index (χ1n) is 7.41. The number of unbranched alkanes of at least 4 members (excludes halogenated alkanes) is 3. The molecule has 114 valence electrons. The molecule has 0 spiro atoms. The van der Waals surface area contributed by atoms with Crippen LogP contribution >= 0.6 is 0 Å². The van der Waals surface area contributed by atoms with Crippen LogP contribution in [0.2, 0.25) is 0 Å². The van der Waals surface area contributed by atoms with Gasteiger partial charge >= 0.3 is 5.97 Å². The van der Waals surface area contributed by atoms with Gasteiger partial charge in [0.2, 0.25) is 0 Å². The van der Waals surface area contributed by atoms with Crippen molar-refractivity contribution in [3.63, 3.8) is 0 Å². The number of carboxylic acid groups (broad SMARTS) is 1. The van der Waals surface area contributed by atoms with Gasteiger partial charge in [-0.3, -0.25) is 9.59 Å². The molecular weight excluding hydrogens is 270 g/mol. The Labute approximate surface area is 124 Å². The Morgan fingerprint density at radius 1 is 1.19 bits per heavy atom. The fourth-order valence-electron chi connectivity index (χ4n) is 2.41. The van der Waals surface area contributed by atoms with Gasteiger partial charge in [-0.2, -0.15) is 0 Å². The maximum atomic E-state index is 12.0. The first kappa shape index (κ1) is 15.4. The fourth-order valence-corrected chi connectivity index (χ4v) is 2.41. The molecule has 0 radical (unpaired) electrons. The zero-order chi connectivity index (χ0) is 15.1. The second-order valence-electron chi connectivity index (χ2n) is 5.27. The molecule has 1 aromatic carbocycles. The SMILES string of the molecule is O=C(O)CCCCCCNC(=O)C1Cc2ccccc2O1. The number of para-hydroxylation sites is 1. The number of benzene rings is 1. The van der Waals surface area contributed by atoms with E-state index in [0.717, 1.165) is 30.6 Å². The lowest BCUT2D eigenvalue weighted by molar-refractivity contribution is -0.137. The molecule has 21 heavy (non-hydrogen) atoms. The van der Waals surface area contributed by atoms with E-state index in [9.17, 15) is 9.59 Å². The molecule has 1 unspecified atom stereocenters. The lowest BCUT2D eigenvalue weighted by Gasteiger charge is -2.11. The van der Waals surface area contributed by atoms with Gasteiger partial charge in [0, 0.05) is 19.4 Å². The third-order valence-electron chi connectivity index (χ3n) is 3.56. The van der Waals surface area contributed by atoms with E-state index in [1.165, 1.54) is 0 Å². The van der Waals surface area contributed by atoms with Gasteiger partial charge in [0.25, 0.3) is 5.91 Å². The summed E-state index contributed by atoms with van der Waals surface area (Å²) in [5.74, 6) is -0.0238. The maximum Gasteiger partial charge on any atom is 0.303 e. The molecule has 5 heteroatoms. The van der Waals surface area contributed by atoms with Gasteiger partial charge in [-0.1, -0.05) is 31.0 Å². The summed E-state index contributed by atoms with van der Waals surface area (Å²) < 4.78 is 5.61. The highest BCUT2D eigenvalue weighted by Crippen LogP contribution is 2.28. The molecule has 5 nitrogen and oxygen atoms in total. The Kier molecular flexibility index (Phi) is 5.60. The Morgan fingerprint density at radius 2 is 1.95 bits per heavy atom. The molecule has 2 N–H and O–H groups in total. The van der Waals surface area contributed by atoms with Crippen LogP contribution in [0, 0.1) is 0 Å². The van der Waals surface area contributed by atoms with Gasteiger partial charge < -0.3 is 15.2 Å². The summed E-state index contributed by atoms with van der Waals surface area (Å²) in [5, 5.41) is 11.4. The number of ether oxygens (including phenoxy) is 1. The number of amides is 1. The zero-order valence-corrected chi connectivity index (χ0v) is 12.0. The van der Waals surface area contributed by atoms with Crippen molar-refractivity contribution in [3.05, 3.63) is 29.8 Å². The van der Waals surface area contributed by atoms with E-state index in [1.807, 2.05) is 24.3 Å². The zero-order valence-electron chi connectivity index (χ0n) is 12.0. The number of hydrogen-bond acceptors (Lipinski definition) is 3. The van der Waals surface area contributed by atoms with Crippen molar-refractivity contribution in [2.24, 2.45) is 0 Å². The Morgan fingerprint density at radius 3 is 2.71 bits per heavy atom. The summed E-state index contributed by atoms with van der Waals surface area (Å²) in [6.45, 7) is 0.613. The Hall–Kier alpha value is -2.04. The average Bonchev–Trinajstić information content (AvgIpc) is 2.89. The second kappa shape index (κ2) is 7.67. The average molecular weight is 291 g/mol. The molecule has 2 rings (SSSR count). The predicted molar refractivity (Wildman–Crippen MR) is 78.3 cm³/mol. The van der Waals surface area contributed by atoms with Crippen molar-refractivity contribution in [2.75, 3.05) is 6.54 Å². The normalized spacial score (nSPS) is 16.1. The number of rotatable bonds is 8. The molecule has 1 atom stereocenters. The Balaban J connectivity index is 1.58. The summed E-state index contributed by atoms with van der Waals surface area (Å²) in [6.07, 6.45) is 3.80. The van der Waals surface area contributed by atoms with Crippen molar-refractivity contribution in [1.29, 1.82) is 0 Å². The number of nitrogens with one attached hydrogen (secondary N) is 1. The summed E-state index contributed by atoms with van der Waals surface area (Å²) in [6, 6.07) is 7.70. The third-order valence-corrected chi connectivity index (χ3v) is 3.56. The minimum absolute atomic E-state index is 0.0725. The van der Waals surface area contributed by atoms with Crippen LogP contribution in [0.4, 0.5) is 0 Å². The molecule has 1 aromatic rings. The molecule has 1 aliphatic rings. The van der Waals surface area contributed by atoms with Gasteiger partial charge in [0.05, 0.1) is 0 Å². The molecule has 1 aliphatic heterocycles. The van der Waals surface area contributed by atoms with E-state index in [1.54, 1.807) is 0 Å². The van der Waals surface area contributed by atoms with Crippen LogP contribution in [-0.4, -0.2) is 29.6 Å². The summed E-state index contributed by atoms with van der Waals surface area (Å²) in [4.78, 5) is 22.3. The first-order valence-corrected chi connectivity index (χ1v) is 7.41. The van der Waals surface area contributed by atoms with Crippen LogP contribution in [0.15, 0.2) is 24.3 Å². The Bertz CT molecular complexity index is 476. The lowest BCUT2D eigenvalue weighted by atomic mass is 10.1. The number of fused-ring (bicyclic) bond motifs is 1. The minimum Gasteiger partial charge on any atom is -0.481 e. The number of aliphatic carboxylic acids is 1. The van der Waals surface area contributed by atoms with Crippen LogP contribution in [0.25, 0.3) is 0 Å². The van der Waals surface area contributed by atoms with Gasteiger partial charge in [-0.15, -0.1) is 0 Å². The van der Waals surface area contributed by atoms with E-state index in [2.05, 4.69) is 5.32 Å². The topological polar surface area (TPSA) is 75.6 Å². The number of carbonyl (C=O) groups excluding carboxylic acids is 1. The molecule has 1 heterocycles. The van der Waals surface area contributed by atoms with E-state index < -0.39 is 12.1 Å². The summed E-state index contributed by atoms with van der Waals surface area (Å²) >= 11 is 0. The highest BCUT2D eigenvalue weighted by Gasteiger charge is 2.28. The number of carboxylic acids is 1. The van der Waals surface area contributed by atoms with Crippen LogP contribution in [0.3, 0.4) is 0 Å². The number of hydrogen-bond donors (Lipinski definition) is 2. The van der Waals surface area contributed by atoms with Crippen molar-refractivity contribution in [1.82, 2.24) is 5.32 Å². The predicted octanol–water partition coefficient (Wildman–Crippen LogP) is 2.14. The summed E-state index contributed by atoms with van der Waals surface area (Å²) in [7, 11) is 0. The standard InChI is InChI=1S/C16H21NO4/c18-15(19)9-3-1-2-6-10-17-16(20)14-11-12-7-4-5-8-13(12)21-14/h4-5,7-8,14H,1-3,6,9-11H2,(H,17,20)(H,18,19). The van der Waals surface area contributed by atoms with Crippen LogP contribution in [0.1, 0.15) is 37.7 Å². The van der Waals surface area contributed by atoms with Crippen LogP contribution < -0.4 is 10.1 Å². The maximum absolute atomic E-state index is 12.0. The molecule has 1 amide bonds. The molecular formula is C16H21NO4. The van der Waals surface area contributed by atoms with Gasteiger partial charge in [0.15, 0.2) is 6.10 Å². The number of carbonyl (C=O) groups is 2.